The van der Waals surface area contributed by atoms with Crippen molar-refractivity contribution in [2.45, 2.75) is 12.5 Å². The minimum Gasteiger partial charge on any atom is -0.354 e. The Morgan fingerprint density at radius 3 is 2.63 bits per heavy atom. The number of hydrogen-bond acceptors (Lipinski definition) is 3. The second kappa shape index (κ2) is 8.15. The van der Waals surface area contributed by atoms with Crippen LogP contribution in [0.1, 0.15) is 18.0 Å². The van der Waals surface area contributed by atoms with Crippen LogP contribution < -0.4 is 10.6 Å². The summed E-state index contributed by atoms with van der Waals surface area (Å²) in [6, 6.07) is 7.81. The molecule has 1 rings (SSSR count). The molecule has 0 spiro atoms. The zero-order valence-electron chi connectivity index (χ0n) is 11.7. The van der Waals surface area contributed by atoms with Gasteiger partial charge in [0.2, 0.25) is 5.91 Å². The Kier molecular flexibility index (Phi) is 6.84. The molecule has 0 aliphatic heterocycles. The Morgan fingerprint density at radius 2 is 2.05 bits per heavy atom. The van der Waals surface area contributed by atoms with Gasteiger partial charge >= 0.3 is 0 Å². The molecule has 0 radical (unpaired) electrons. The van der Waals surface area contributed by atoms with Gasteiger partial charge in [-0.2, -0.15) is 0 Å². The van der Waals surface area contributed by atoms with Gasteiger partial charge < -0.3 is 15.5 Å². The number of rotatable bonds is 7. The van der Waals surface area contributed by atoms with Crippen LogP contribution in [0.25, 0.3) is 0 Å². The van der Waals surface area contributed by atoms with Crippen molar-refractivity contribution >= 4 is 17.5 Å². The van der Waals surface area contributed by atoms with Crippen molar-refractivity contribution in [1.82, 2.24) is 15.5 Å². The zero-order valence-corrected chi connectivity index (χ0v) is 12.5. The van der Waals surface area contributed by atoms with Gasteiger partial charge in [0.25, 0.3) is 0 Å². The molecule has 0 saturated carbocycles. The highest BCUT2D eigenvalue weighted by molar-refractivity contribution is 6.31. The maximum atomic E-state index is 11.6. The lowest BCUT2D eigenvalue weighted by Gasteiger charge is -2.26. The molecule has 1 unspecified atom stereocenters. The van der Waals surface area contributed by atoms with Crippen LogP contribution in [0, 0.1) is 0 Å². The largest absolute Gasteiger partial charge is 0.354 e. The molecule has 1 amide bonds. The maximum absolute atomic E-state index is 11.6. The Morgan fingerprint density at radius 1 is 1.37 bits per heavy atom. The fraction of sp³-hybridized carbons (Fsp3) is 0.500. The van der Waals surface area contributed by atoms with E-state index in [1.165, 1.54) is 0 Å². The number of hydrogen-bond donors (Lipinski definition) is 2. The summed E-state index contributed by atoms with van der Waals surface area (Å²) >= 11 is 6.21. The van der Waals surface area contributed by atoms with Crippen LogP contribution >= 0.6 is 11.6 Å². The van der Waals surface area contributed by atoms with E-state index >= 15 is 0 Å². The third-order valence-corrected chi connectivity index (χ3v) is 3.33. The Labute approximate surface area is 120 Å². The molecule has 5 heteroatoms. The van der Waals surface area contributed by atoms with Gasteiger partial charge in [-0.1, -0.05) is 29.8 Å². The summed E-state index contributed by atoms with van der Waals surface area (Å²) in [5, 5.41) is 6.63. The number of benzene rings is 1. The first kappa shape index (κ1) is 16.0. The summed E-state index contributed by atoms with van der Waals surface area (Å²) in [6.07, 6.45) is 0.485. The highest BCUT2D eigenvalue weighted by Crippen LogP contribution is 2.25. The standard InChI is InChI=1S/C14H22ClN3O/c1-16-9-8-14(19)17-10-13(18(2)3)11-6-4-5-7-12(11)15/h4-7,13,16H,8-10H2,1-3H3,(H,17,19). The number of nitrogens with one attached hydrogen (secondary N) is 2. The average Bonchev–Trinajstić information content (AvgIpc) is 2.38. The van der Waals surface area contributed by atoms with Gasteiger partial charge in [-0.15, -0.1) is 0 Å². The van der Waals surface area contributed by atoms with E-state index in [0.717, 1.165) is 10.6 Å². The molecule has 0 saturated heterocycles. The molecule has 2 N–H and O–H groups in total. The quantitative estimate of drug-likeness (QED) is 0.800. The smallest absolute Gasteiger partial charge is 0.221 e. The zero-order chi connectivity index (χ0) is 14.3. The summed E-state index contributed by atoms with van der Waals surface area (Å²) in [5.41, 5.74) is 1.03. The lowest BCUT2D eigenvalue weighted by Crippen LogP contribution is -2.35. The molecular weight excluding hydrogens is 262 g/mol. The van der Waals surface area contributed by atoms with Crippen molar-refractivity contribution in [2.75, 3.05) is 34.2 Å². The van der Waals surface area contributed by atoms with Gasteiger partial charge in [0.05, 0.1) is 6.04 Å². The summed E-state index contributed by atoms with van der Waals surface area (Å²) < 4.78 is 0. The fourth-order valence-corrected chi connectivity index (χ4v) is 2.12. The number of halogens is 1. The Bertz CT molecular complexity index is 409. The first-order valence-electron chi connectivity index (χ1n) is 6.38. The highest BCUT2D eigenvalue weighted by Gasteiger charge is 2.17. The first-order chi connectivity index (χ1) is 9.06. The Hall–Kier alpha value is -1.10. The molecule has 0 heterocycles. The van der Waals surface area contributed by atoms with Crippen LogP contribution in [-0.2, 0) is 4.79 Å². The molecule has 1 aromatic carbocycles. The topological polar surface area (TPSA) is 44.4 Å². The molecule has 106 valence electrons. The van der Waals surface area contributed by atoms with Gasteiger partial charge in [0.15, 0.2) is 0 Å². The van der Waals surface area contributed by atoms with Crippen molar-refractivity contribution in [3.05, 3.63) is 34.9 Å². The van der Waals surface area contributed by atoms with Crippen molar-refractivity contribution in [1.29, 1.82) is 0 Å². The molecule has 1 atom stereocenters. The monoisotopic (exact) mass is 283 g/mol. The molecule has 0 aromatic heterocycles. The van der Waals surface area contributed by atoms with Crippen molar-refractivity contribution < 1.29 is 4.79 Å². The van der Waals surface area contributed by atoms with Gasteiger partial charge in [0.1, 0.15) is 0 Å². The number of amides is 1. The van der Waals surface area contributed by atoms with Crippen LogP contribution in [0.5, 0.6) is 0 Å². The molecule has 4 nitrogen and oxygen atoms in total. The molecule has 1 aromatic rings. The summed E-state index contributed by atoms with van der Waals surface area (Å²) in [7, 11) is 5.79. The van der Waals surface area contributed by atoms with E-state index in [2.05, 4.69) is 15.5 Å². The Balaban J connectivity index is 2.64. The van der Waals surface area contributed by atoms with E-state index in [9.17, 15) is 4.79 Å². The minimum absolute atomic E-state index is 0.0493. The third kappa shape index (κ3) is 5.19. The van der Waals surface area contributed by atoms with Gasteiger partial charge in [0, 0.05) is 24.5 Å². The van der Waals surface area contributed by atoms with E-state index in [4.69, 9.17) is 11.6 Å². The van der Waals surface area contributed by atoms with Crippen LogP contribution in [0.15, 0.2) is 24.3 Å². The molecule has 0 aliphatic rings. The number of nitrogens with zero attached hydrogens (tertiary/aromatic N) is 1. The average molecular weight is 284 g/mol. The summed E-state index contributed by atoms with van der Waals surface area (Å²) in [6.45, 7) is 1.24. The number of carbonyl (C=O) groups is 1. The normalized spacial score (nSPS) is 12.5. The van der Waals surface area contributed by atoms with Gasteiger partial charge in [-0.05, 0) is 32.8 Å². The molecule has 0 bridgehead atoms. The maximum Gasteiger partial charge on any atom is 0.221 e. The van der Waals surface area contributed by atoms with E-state index in [1.807, 2.05) is 45.4 Å². The highest BCUT2D eigenvalue weighted by atomic mass is 35.5. The minimum atomic E-state index is 0.0493. The first-order valence-corrected chi connectivity index (χ1v) is 6.76. The number of likely N-dealkylation sites (N-methyl/N-ethyl adjacent to an activating group) is 1. The van der Waals surface area contributed by atoms with Crippen LogP contribution in [0.2, 0.25) is 5.02 Å². The van der Waals surface area contributed by atoms with Crippen LogP contribution in [0.3, 0.4) is 0 Å². The summed E-state index contributed by atoms with van der Waals surface area (Å²) in [4.78, 5) is 13.7. The van der Waals surface area contributed by atoms with Gasteiger partial charge in [-0.3, -0.25) is 4.79 Å². The second-order valence-electron chi connectivity index (χ2n) is 4.66. The molecule has 0 fully saturated rings. The predicted molar refractivity (Wildman–Crippen MR) is 79.4 cm³/mol. The SMILES string of the molecule is CNCCC(=O)NCC(c1ccccc1Cl)N(C)C. The lowest BCUT2D eigenvalue weighted by atomic mass is 10.1. The number of carbonyl (C=O) groups excluding carboxylic acids is 1. The van der Waals surface area contributed by atoms with Crippen molar-refractivity contribution in [2.24, 2.45) is 0 Å². The van der Waals surface area contributed by atoms with E-state index in [-0.39, 0.29) is 11.9 Å². The molecule has 19 heavy (non-hydrogen) atoms. The van der Waals surface area contributed by atoms with E-state index < -0.39 is 0 Å². The lowest BCUT2D eigenvalue weighted by molar-refractivity contribution is -0.121. The van der Waals surface area contributed by atoms with Crippen molar-refractivity contribution in [3.63, 3.8) is 0 Å². The fourth-order valence-electron chi connectivity index (χ4n) is 1.85. The van der Waals surface area contributed by atoms with E-state index in [0.29, 0.717) is 19.5 Å². The van der Waals surface area contributed by atoms with Crippen molar-refractivity contribution in [3.8, 4) is 0 Å². The van der Waals surface area contributed by atoms with Crippen LogP contribution in [-0.4, -0.2) is 45.0 Å². The van der Waals surface area contributed by atoms with Crippen LogP contribution in [0.4, 0.5) is 0 Å². The summed E-state index contributed by atoms with van der Waals surface area (Å²) in [5.74, 6) is 0.0493. The molecule has 0 aliphatic carbocycles. The van der Waals surface area contributed by atoms with E-state index in [1.54, 1.807) is 0 Å². The second-order valence-corrected chi connectivity index (χ2v) is 5.07. The third-order valence-electron chi connectivity index (χ3n) is 2.98. The predicted octanol–water partition coefficient (Wildman–Crippen LogP) is 1.67. The van der Waals surface area contributed by atoms with Gasteiger partial charge in [-0.25, -0.2) is 0 Å². The molecular formula is C14H22ClN3O.